The monoisotopic (exact) mass is 330 g/mol. The molecule has 1 aromatic heterocycles. The zero-order valence-corrected chi connectivity index (χ0v) is 13.7. The molecule has 0 aliphatic carbocycles. The van der Waals surface area contributed by atoms with Gasteiger partial charge in [-0.2, -0.15) is 0 Å². The number of esters is 1. The van der Waals surface area contributed by atoms with Crippen molar-refractivity contribution in [2.45, 2.75) is 26.3 Å². The van der Waals surface area contributed by atoms with Crippen molar-refractivity contribution < 1.29 is 18.7 Å². The molecule has 0 unspecified atom stereocenters. The molecule has 24 heavy (non-hydrogen) atoms. The Morgan fingerprint density at radius 2 is 2.00 bits per heavy atom. The van der Waals surface area contributed by atoms with Gasteiger partial charge in [-0.1, -0.05) is 25.5 Å². The number of carbonyl (C=O) groups is 2. The van der Waals surface area contributed by atoms with Crippen molar-refractivity contribution in [2.75, 3.05) is 18.5 Å². The molecule has 1 aromatic carbocycles. The number of furan rings is 1. The number of unbranched alkanes of at least 4 members (excludes halogenated alkanes) is 1. The lowest BCUT2D eigenvalue weighted by Gasteiger charge is -2.11. The van der Waals surface area contributed by atoms with Crippen LogP contribution in [0.5, 0.6) is 0 Å². The Morgan fingerprint density at radius 1 is 1.17 bits per heavy atom. The molecule has 1 amide bonds. The van der Waals surface area contributed by atoms with Crippen molar-refractivity contribution in [3.8, 4) is 0 Å². The van der Waals surface area contributed by atoms with E-state index in [1.54, 1.807) is 30.5 Å². The standard InChI is InChI=1S/C18H22N2O4/c1-2-3-10-19-17(21)13-24-18(22)15-8-4-5-9-16(15)20-12-14-7-6-11-23-14/h4-9,11,20H,2-3,10,12-13H2,1H3,(H,19,21). The lowest BCUT2D eigenvalue weighted by Crippen LogP contribution is -2.29. The maximum absolute atomic E-state index is 12.2. The third kappa shape index (κ3) is 5.46. The van der Waals surface area contributed by atoms with Gasteiger partial charge in [0.25, 0.3) is 5.91 Å². The highest BCUT2D eigenvalue weighted by Crippen LogP contribution is 2.17. The Balaban J connectivity index is 1.88. The zero-order chi connectivity index (χ0) is 17.2. The van der Waals surface area contributed by atoms with Gasteiger partial charge in [0.05, 0.1) is 18.4 Å². The van der Waals surface area contributed by atoms with Crippen molar-refractivity contribution in [2.24, 2.45) is 0 Å². The number of rotatable bonds is 9. The maximum Gasteiger partial charge on any atom is 0.340 e. The summed E-state index contributed by atoms with van der Waals surface area (Å²) in [6.45, 7) is 2.80. The number of anilines is 1. The van der Waals surface area contributed by atoms with Crippen LogP contribution in [0.1, 0.15) is 35.9 Å². The summed E-state index contributed by atoms with van der Waals surface area (Å²) >= 11 is 0. The van der Waals surface area contributed by atoms with Gasteiger partial charge in [0, 0.05) is 12.2 Å². The molecule has 0 spiro atoms. The van der Waals surface area contributed by atoms with Gasteiger partial charge in [0.1, 0.15) is 5.76 Å². The van der Waals surface area contributed by atoms with Crippen LogP contribution in [0.3, 0.4) is 0 Å². The molecule has 0 bridgehead atoms. The van der Waals surface area contributed by atoms with Gasteiger partial charge in [0.15, 0.2) is 6.61 Å². The first-order chi connectivity index (χ1) is 11.7. The van der Waals surface area contributed by atoms with Gasteiger partial charge in [-0.15, -0.1) is 0 Å². The predicted octanol–water partition coefficient (Wildman–Crippen LogP) is 2.96. The largest absolute Gasteiger partial charge is 0.467 e. The number of hydrogen-bond acceptors (Lipinski definition) is 5. The van der Waals surface area contributed by atoms with Crippen LogP contribution in [0.25, 0.3) is 0 Å². The van der Waals surface area contributed by atoms with E-state index in [9.17, 15) is 9.59 Å². The van der Waals surface area contributed by atoms with Crippen molar-refractivity contribution >= 4 is 17.6 Å². The van der Waals surface area contributed by atoms with Crippen LogP contribution >= 0.6 is 0 Å². The van der Waals surface area contributed by atoms with E-state index in [2.05, 4.69) is 10.6 Å². The summed E-state index contributed by atoms with van der Waals surface area (Å²) in [6, 6.07) is 10.6. The van der Waals surface area contributed by atoms with E-state index in [1.165, 1.54) is 0 Å². The molecule has 2 N–H and O–H groups in total. The Hall–Kier alpha value is -2.76. The fraction of sp³-hybridized carbons (Fsp3) is 0.333. The summed E-state index contributed by atoms with van der Waals surface area (Å²) in [5.74, 6) is -0.0746. The molecular formula is C18H22N2O4. The summed E-state index contributed by atoms with van der Waals surface area (Å²) < 4.78 is 10.3. The van der Waals surface area contributed by atoms with E-state index >= 15 is 0 Å². The van der Waals surface area contributed by atoms with E-state index < -0.39 is 5.97 Å². The van der Waals surface area contributed by atoms with Crippen LogP contribution in [0, 0.1) is 0 Å². The van der Waals surface area contributed by atoms with E-state index in [1.807, 2.05) is 19.1 Å². The van der Waals surface area contributed by atoms with Gasteiger partial charge in [-0.25, -0.2) is 4.79 Å². The van der Waals surface area contributed by atoms with Gasteiger partial charge in [-0.3, -0.25) is 4.79 Å². The molecule has 2 aromatic rings. The molecule has 2 rings (SSSR count). The lowest BCUT2D eigenvalue weighted by molar-refractivity contribution is -0.124. The van der Waals surface area contributed by atoms with Crippen molar-refractivity contribution in [1.82, 2.24) is 5.32 Å². The average Bonchev–Trinajstić information content (AvgIpc) is 3.12. The highest BCUT2D eigenvalue weighted by molar-refractivity contribution is 5.96. The number of ether oxygens (including phenoxy) is 1. The summed E-state index contributed by atoms with van der Waals surface area (Å²) in [4.78, 5) is 23.8. The molecule has 0 aliphatic rings. The first-order valence-electron chi connectivity index (χ1n) is 7.99. The smallest absolute Gasteiger partial charge is 0.340 e. The molecule has 0 radical (unpaired) electrons. The zero-order valence-electron chi connectivity index (χ0n) is 13.7. The van der Waals surface area contributed by atoms with Crippen molar-refractivity contribution in [3.63, 3.8) is 0 Å². The van der Waals surface area contributed by atoms with Crippen LogP contribution in [0.4, 0.5) is 5.69 Å². The van der Waals surface area contributed by atoms with Crippen LogP contribution in [-0.4, -0.2) is 25.0 Å². The SMILES string of the molecule is CCCCNC(=O)COC(=O)c1ccccc1NCc1ccco1. The van der Waals surface area contributed by atoms with Crippen LogP contribution < -0.4 is 10.6 Å². The van der Waals surface area contributed by atoms with E-state index in [0.29, 0.717) is 24.3 Å². The first-order valence-corrected chi connectivity index (χ1v) is 7.99. The molecule has 0 saturated heterocycles. The predicted molar refractivity (Wildman–Crippen MR) is 90.7 cm³/mol. The van der Waals surface area contributed by atoms with Gasteiger partial charge < -0.3 is 19.8 Å². The summed E-state index contributed by atoms with van der Waals surface area (Å²) in [6.07, 6.45) is 3.49. The second-order valence-corrected chi connectivity index (χ2v) is 5.26. The quantitative estimate of drug-likeness (QED) is 0.546. The minimum atomic E-state index is -0.539. The maximum atomic E-state index is 12.2. The van der Waals surface area contributed by atoms with E-state index in [4.69, 9.17) is 9.15 Å². The number of amides is 1. The van der Waals surface area contributed by atoms with Gasteiger partial charge in [-0.05, 0) is 30.7 Å². The highest BCUT2D eigenvalue weighted by atomic mass is 16.5. The third-order valence-electron chi connectivity index (χ3n) is 3.37. The minimum Gasteiger partial charge on any atom is -0.467 e. The molecule has 0 saturated carbocycles. The average molecular weight is 330 g/mol. The molecule has 1 heterocycles. The first kappa shape index (κ1) is 17.6. The molecule has 6 heteroatoms. The lowest BCUT2D eigenvalue weighted by atomic mass is 10.2. The highest BCUT2D eigenvalue weighted by Gasteiger charge is 2.14. The number of nitrogens with one attached hydrogen (secondary N) is 2. The van der Waals surface area contributed by atoms with Crippen LogP contribution in [0.2, 0.25) is 0 Å². The third-order valence-corrected chi connectivity index (χ3v) is 3.37. The van der Waals surface area contributed by atoms with Crippen molar-refractivity contribution in [3.05, 3.63) is 54.0 Å². The summed E-state index contributed by atoms with van der Waals surface area (Å²) in [5, 5.41) is 5.84. The second kappa shape index (κ2) is 9.39. The molecule has 0 fully saturated rings. The molecule has 0 aliphatic heterocycles. The molecule has 0 atom stereocenters. The second-order valence-electron chi connectivity index (χ2n) is 5.26. The van der Waals surface area contributed by atoms with Crippen molar-refractivity contribution in [1.29, 1.82) is 0 Å². The Kier molecular flexibility index (Phi) is 6.89. The molecule has 6 nitrogen and oxygen atoms in total. The Labute approximate surface area is 141 Å². The number of hydrogen-bond donors (Lipinski definition) is 2. The van der Waals surface area contributed by atoms with Gasteiger partial charge in [0.2, 0.25) is 0 Å². The number of benzene rings is 1. The van der Waals surface area contributed by atoms with Crippen LogP contribution in [-0.2, 0) is 16.1 Å². The molecular weight excluding hydrogens is 308 g/mol. The topological polar surface area (TPSA) is 80.6 Å². The Morgan fingerprint density at radius 3 is 2.75 bits per heavy atom. The number of carbonyl (C=O) groups excluding carboxylic acids is 2. The molecule has 128 valence electrons. The summed E-state index contributed by atoms with van der Waals surface area (Å²) in [5.41, 5.74) is 1.01. The van der Waals surface area contributed by atoms with E-state index in [-0.39, 0.29) is 12.5 Å². The minimum absolute atomic E-state index is 0.283. The van der Waals surface area contributed by atoms with Gasteiger partial charge >= 0.3 is 5.97 Å². The van der Waals surface area contributed by atoms with Crippen LogP contribution in [0.15, 0.2) is 47.1 Å². The summed E-state index contributed by atoms with van der Waals surface area (Å²) in [7, 11) is 0. The fourth-order valence-electron chi connectivity index (χ4n) is 2.08. The fourth-order valence-corrected chi connectivity index (χ4v) is 2.08. The number of para-hydroxylation sites is 1. The normalized spacial score (nSPS) is 10.2. The van der Waals surface area contributed by atoms with E-state index in [0.717, 1.165) is 18.6 Å². The Bertz CT molecular complexity index is 653.